The molecule has 0 unspecified atom stereocenters. The first-order valence-electron chi connectivity index (χ1n) is 20.3. The Morgan fingerprint density at radius 1 is 0.508 bits per heavy atom. The average Bonchev–Trinajstić information content (AvgIpc) is 3.67. The number of allylic oxidation sites excluding steroid dienone is 6. The van der Waals surface area contributed by atoms with Crippen LogP contribution in [-0.2, 0) is 0 Å². The zero-order valence-electron chi connectivity index (χ0n) is 33.3. The predicted molar refractivity (Wildman–Crippen MR) is 258 cm³/mol. The molecule has 0 aliphatic rings. The normalized spacial score (nSPS) is 12.3. The summed E-state index contributed by atoms with van der Waals surface area (Å²) >= 11 is 0. The van der Waals surface area contributed by atoms with Crippen molar-refractivity contribution in [3.8, 4) is 33.6 Å². The summed E-state index contributed by atoms with van der Waals surface area (Å²) in [5, 5.41) is 13.3. The van der Waals surface area contributed by atoms with Gasteiger partial charge in [-0.15, -0.1) is 0 Å². The predicted octanol–water partition coefficient (Wildman–Crippen LogP) is 17.0. The highest BCUT2D eigenvalue weighted by Crippen LogP contribution is 2.49. The van der Waals surface area contributed by atoms with E-state index in [1.54, 1.807) is 6.08 Å². The van der Waals surface area contributed by atoms with Crippen LogP contribution < -0.4 is 0 Å². The Balaban J connectivity index is 1.29. The summed E-state index contributed by atoms with van der Waals surface area (Å²) < 4.78 is 6.86. The van der Waals surface area contributed by atoms with Crippen molar-refractivity contribution < 1.29 is 4.42 Å². The lowest BCUT2D eigenvalue weighted by atomic mass is 9.82. The van der Waals surface area contributed by atoms with E-state index in [2.05, 4.69) is 191 Å². The second kappa shape index (κ2) is 14.8. The van der Waals surface area contributed by atoms with Crippen molar-refractivity contribution in [1.29, 1.82) is 0 Å². The molecular formula is C58H42O. The summed E-state index contributed by atoms with van der Waals surface area (Å²) in [5.74, 6) is 0.872. The van der Waals surface area contributed by atoms with Crippen molar-refractivity contribution in [3.05, 3.63) is 212 Å². The lowest BCUT2D eigenvalue weighted by Gasteiger charge is -2.21. The lowest BCUT2D eigenvalue weighted by Crippen LogP contribution is -1.95. The van der Waals surface area contributed by atoms with Crippen molar-refractivity contribution in [2.24, 2.45) is 0 Å². The standard InChI is InChI=1S/C58H42O/c1-5-8-10-22-37(4)54-50-34-33-39(35-53(50)59-58(54)38-23-11-9-12-24-38)55-46-29-17-19-31-48(46)57(49-32-20-18-30-47(49)55)52-36-51-42-26-14-13-25-41(42)40(7-3)44(21-6-2)56(51)45-28-16-15-27-43(45)52/h5-36H,1,3H2,2,4H3/b10-8-,21-6-,37-22+. The molecule has 0 radical (unpaired) electrons. The molecule has 1 heteroatoms. The van der Waals surface area contributed by atoms with E-state index in [1.165, 1.54) is 76.1 Å². The minimum atomic E-state index is 0.859. The largest absolute Gasteiger partial charge is 0.455 e. The Hall–Kier alpha value is -7.48. The second-order valence-corrected chi connectivity index (χ2v) is 15.2. The summed E-state index contributed by atoms with van der Waals surface area (Å²) in [6.07, 6.45) is 14.3. The average molecular weight is 755 g/mol. The van der Waals surface area contributed by atoms with Crippen molar-refractivity contribution in [2.45, 2.75) is 13.8 Å². The number of fused-ring (bicyclic) bond motifs is 8. The number of hydrogen-bond acceptors (Lipinski definition) is 1. The summed E-state index contributed by atoms with van der Waals surface area (Å²) in [4.78, 5) is 0. The van der Waals surface area contributed by atoms with Gasteiger partial charge in [-0.1, -0.05) is 189 Å². The molecule has 59 heavy (non-hydrogen) atoms. The van der Waals surface area contributed by atoms with Gasteiger partial charge in [0.2, 0.25) is 0 Å². The summed E-state index contributed by atoms with van der Waals surface area (Å²) in [6, 6.07) is 55.1. The van der Waals surface area contributed by atoms with Crippen LogP contribution in [0.4, 0.5) is 0 Å². The number of furan rings is 1. The SMILES string of the molecule is C=C/C=C\C=C(/C)c1c(-c2ccccc2)oc2cc(-c3c4ccccc4c(-c4cc5c6ccccc6c(C=C)c(/C=C\C)c5c5ccccc45)c4ccccc34)ccc12. The Bertz CT molecular complexity index is 3360. The fourth-order valence-electron chi connectivity index (χ4n) is 9.40. The maximum absolute atomic E-state index is 6.86. The van der Waals surface area contributed by atoms with Crippen LogP contribution >= 0.6 is 0 Å². The van der Waals surface area contributed by atoms with E-state index in [9.17, 15) is 0 Å². The molecule has 1 heterocycles. The van der Waals surface area contributed by atoms with Crippen LogP contribution in [0.15, 0.2) is 200 Å². The maximum atomic E-state index is 6.86. The van der Waals surface area contributed by atoms with Gasteiger partial charge in [-0.05, 0) is 125 Å². The van der Waals surface area contributed by atoms with E-state index in [0.29, 0.717) is 0 Å². The van der Waals surface area contributed by atoms with E-state index in [1.807, 2.05) is 24.3 Å². The molecule has 0 aliphatic heterocycles. The van der Waals surface area contributed by atoms with Gasteiger partial charge in [0.05, 0.1) is 0 Å². The molecule has 10 rings (SSSR count). The fourth-order valence-corrected chi connectivity index (χ4v) is 9.40. The summed E-state index contributed by atoms with van der Waals surface area (Å²) in [7, 11) is 0. The molecule has 0 atom stereocenters. The molecule has 1 aromatic heterocycles. The highest BCUT2D eigenvalue weighted by Gasteiger charge is 2.23. The molecule has 0 bridgehead atoms. The van der Waals surface area contributed by atoms with E-state index >= 15 is 0 Å². The Morgan fingerprint density at radius 3 is 1.75 bits per heavy atom. The van der Waals surface area contributed by atoms with Gasteiger partial charge in [0.1, 0.15) is 11.3 Å². The first-order valence-corrected chi connectivity index (χ1v) is 20.3. The van der Waals surface area contributed by atoms with Crippen LogP contribution in [0.5, 0.6) is 0 Å². The molecule has 1 nitrogen and oxygen atoms in total. The van der Waals surface area contributed by atoms with Crippen LogP contribution in [0, 0.1) is 0 Å². The summed E-state index contributed by atoms with van der Waals surface area (Å²) in [5.41, 5.74) is 11.3. The van der Waals surface area contributed by atoms with E-state index in [4.69, 9.17) is 4.42 Å². The smallest absolute Gasteiger partial charge is 0.142 e. The van der Waals surface area contributed by atoms with E-state index in [-0.39, 0.29) is 0 Å². The molecule has 10 aromatic rings. The number of hydrogen-bond donors (Lipinski definition) is 0. The van der Waals surface area contributed by atoms with Gasteiger partial charge >= 0.3 is 0 Å². The molecule has 0 amide bonds. The monoisotopic (exact) mass is 754 g/mol. The van der Waals surface area contributed by atoms with Gasteiger partial charge in [-0.2, -0.15) is 0 Å². The van der Waals surface area contributed by atoms with Crippen LogP contribution in [0.1, 0.15) is 30.5 Å². The third kappa shape index (κ3) is 5.77. The third-order valence-corrected chi connectivity index (χ3v) is 11.9. The van der Waals surface area contributed by atoms with Gasteiger partial charge in [0.15, 0.2) is 0 Å². The Labute approximate surface area is 344 Å². The van der Waals surface area contributed by atoms with Crippen molar-refractivity contribution >= 4 is 82.6 Å². The minimum Gasteiger partial charge on any atom is -0.455 e. The van der Waals surface area contributed by atoms with Gasteiger partial charge < -0.3 is 4.42 Å². The highest BCUT2D eigenvalue weighted by molar-refractivity contribution is 6.29. The topological polar surface area (TPSA) is 13.1 Å². The zero-order chi connectivity index (χ0) is 40.0. The maximum Gasteiger partial charge on any atom is 0.142 e. The van der Waals surface area contributed by atoms with Crippen LogP contribution in [0.3, 0.4) is 0 Å². The van der Waals surface area contributed by atoms with E-state index in [0.717, 1.165) is 44.6 Å². The van der Waals surface area contributed by atoms with Crippen molar-refractivity contribution in [3.63, 3.8) is 0 Å². The number of rotatable bonds is 8. The molecular weight excluding hydrogens is 713 g/mol. The minimum absolute atomic E-state index is 0.859. The van der Waals surface area contributed by atoms with E-state index < -0.39 is 0 Å². The molecule has 0 N–H and O–H groups in total. The van der Waals surface area contributed by atoms with Gasteiger partial charge in [0.25, 0.3) is 0 Å². The van der Waals surface area contributed by atoms with Gasteiger partial charge in [-0.25, -0.2) is 0 Å². The number of benzene rings is 9. The molecule has 0 fully saturated rings. The summed E-state index contributed by atoms with van der Waals surface area (Å²) in [6.45, 7) is 12.4. The van der Waals surface area contributed by atoms with Gasteiger partial charge in [-0.3, -0.25) is 0 Å². The second-order valence-electron chi connectivity index (χ2n) is 15.2. The first kappa shape index (κ1) is 35.9. The highest BCUT2D eigenvalue weighted by atomic mass is 16.3. The first-order chi connectivity index (χ1) is 29.1. The molecule has 280 valence electrons. The molecule has 0 spiro atoms. The lowest BCUT2D eigenvalue weighted by molar-refractivity contribution is 0.630. The quantitative estimate of drug-likeness (QED) is 0.0855. The zero-order valence-corrected chi connectivity index (χ0v) is 33.3. The molecule has 0 saturated heterocycles. The molecule has 9 aromatic carbocycles. The van der Waals surface area contributed by atoms with Crippen LogP contribution in [0.2, 0.25) is 0 Å². The van der Waals surface area contributed by atoms with Gasteiger partial charge in [0, 0.05) is 16.5 Å². The third-order valence-electron chi connectivity index (χ3n) is 11.9. The van der Waals surface area contributed by atoms with Crippen molar-refractivity contribution in [2.75, 3.05) is 0 Å². The van der Waals surface area contributed by atoms with Crippen LogP contribution in [0.25, 0.3) is 116 Å². The molecule has 0 aliphatic carbocycles. The Morgan fingerprint density at radius 2 is 1.10 bits per heavy atom. The van der Waals surface area contributed by atoms with Crippen molar-refractivity contribution in [1.82, 2.24) is 0 Å². The fraction of sp³-hybridized carbons (Fsp3) is 0.0345. The van der Waals surface area contributed by atoms with Crippen LogP contribution in [-0.4, -0.2) is 0 Å². The molecule has 0 saturated carbocycles. The Kier molecular flexibility index (Phi) is 9.00.